The number of rotatable bonds is 3. The standard InChI is InChI=1S/C19H22N6O2S/c1-19(2,3)11-5-6-12-13(7-11)28-18(22-12)23-14(26)9-25-10-21-16-17(25)20-8-15(27)24(16)4/h5-8,10,15,27H,9H2,1-4H3,(H,22,23,26). The van der Waals surface area contributed by atoms with E-state index in [4.69, 9.17) is 0 Å². The number of carbonyl (C=O) groups is 1. The first-order valence-corrected chi connectivity index (χ1v) is 9.75. The number of aliphatic hydroxyl groups excluding tert-OH is 1. The van der Waals surface area contributed by atoms with Crippen molar-refractivity contribution in [2.45, 2.75) is 39.0 Å². The predicted octanol–water partition coefficient (Wildman–Crippen LogP) is 2.90. The topological polar surface area (TPSA) is 95.6 Å². The fourth-order valence-electron chi connectivity index (χ4n) is 2.98. The third kappa shape index (κ3) is 3.38. The van der Waals surface area contributed by atoms with Gasteiger partial charge in [0.2, 0.25) is 5.91 Å². The Morgan fingerprint density at radius 1 is 1.36 bits per heavy atom. The lowest BCUT2D eigenvalue weighted by molar-refractivity contribution is -0.116. The molecule has 1 aliphatic rings. The summed E-state index contributed by atoms with van der Waals surface area (Å²) in [6, 6.07) is 6.20. The van der Waals surface area contributed by atoms with Gasteiger partial charge in [-0.1, -0.05) is 38.2 Å². The molecule has 2 N–H and O–H groups in total. The van der Waals surface area contributed by atoms with Crippen LogP contribution in [0.25, 0.3) is 10.2 Å². The lowest BCUT2D eigenvalue weighted by Crippen LogP contribution is -2.34. The predicted molar refractivity (Wildman–Crippen MR) is 112 cm³/mol. The molecule has 0 spiro atoms. The zero-order valence-electron chi connectivity index (χ0n) is 16.2. The van der Waals surface area contributed by atoms with Crippen molar-refractivity contribution >= 4 is 50.4 Å². The smallest absolute Gasteiger partial charge is 0.246 e. The van der Waals surface area contributed by atoms with Crippen molar-refractivity contribution in [1.29, 1.82) is 0 Å². The van der Waals surface area contributed by atoms with Crippen molar-refractivity contribution in [3.63, 3.8) is 0 Å². The molecular weight excluding hydrogens is 376 g/mol. The number of aliphatic hydroxyl groups is 1. The van der Waals surface area contributed by atoms with E-state index >= 15 is 0 Å². The normalized spacial score (nSPS) is 16.5. The lowest BCUT2D eigenvalue weighted by atomic mass is 9.87. The number of imidazole rings is 1. The van der Waals surface area contributed by atoms with Crippen LogP contribution in [0.5, 0.6) is 0 Å². The molecule has 0 saturated heterocycles. The van der Waals surface area contributed by atoms with Gasteiger partial charge >= 0.3 is 0 Å². The number of fused-ring (bicyclic) bond motifs is 2. The van der Waals surface area contributed by atoms with Crippen LogP contribution in [0.15, 0.2) is 29.5 Å². The van der Waals surface area contributed by atoms with E-state index in [9.17, 15) is 9.90 Å². The van der Waals surface area contributed by atoms with Crippen molar-refractivity contribution in [2.24, 2.45) is 4.99 Å². The van der Waals surface area contributed by atoms with Gasteiger partial charge in [0.15, 0.2) is 23.0 Å². The number of nitrogens with one attached hydrogen (secondary N) is 1. The molecule has 1 aliphatic heterocycles. The van der Waals surface area contributed by atoms with E-state index in [1.54, 1.807) is 22.8 Å². The summed E-state index contributed by atoms with van der Waals surface area (Å²) in [5.74, 6) is 0.874. The average Bonchev–Trinajstić information content (AvgIpc) is 3.20. The van der Waals surface area contributed by atoms with Gasteiger partial charge in [0.25, 0.3) is 0 Å². The Balaban J connectivity index is 1.51. The van der Waals surface area contributed by atoms with Crippen LogP contribution in [-0.4, -0.2) is 45.0 Å². The molecule has 3 aromatic rings. The van der Waals surface area contributed by atoms with Crippen LogP contribution >= 0.6 is 11.3 Å². The number of benzene rings is 1. The van der Waals surface area contributed by atoms with E-state index < -0.39 is 6.23 Å². The number of carbonyl (C=O) groups excluding carboxylic acids is 1. The summed E-state index contributed by atoms with van der Waals surface area (Å²) in [5.41, 5.74) is 2.16. The Hall–Kier alpha value is -2.78. The van der Waals surface area contributed by atoms with Crippen molar-refractivity contribution in [1.82, 2.24) is 14.5 Å². The number of anilines is 2. The highest BCUT2D eigenvalue weighted by atomic mass is 32.1. The Morgan fingerprint density at radius 3 is 2.89 bits per heavy atom. The van der Waals surface area contributed by atoms with Crippen LogP contribution in [0.4, 0.5) is 16.8 Å². The maximum atomic E-state index is 12.5. The maximum Gasteiger partial charge on any atom is 0.246 e. The molecule has 8 nitrogen and oxygen atoms in total. The molecule has 28 heavy (non-hydrogen) atoms. The second kappa shape index (κ2) is 6.68. The molecule has 1 atom stereocenters. The second-order valence-electron chi connectivity index (χ2n) is 7.82. The van der Waals surface area contributed by atoms with Crippen LogP contribution in [0.3, 0.4) is 0 Å². The lowest BCUT2D eigenvalue weighted by Gasteiger charge is -2.24. The molecule has 0 aliphatic carbocycles. The Bertz CT molecular complexity index is 1080. The highest BCUT2D eigenvalue weighted by Gasteiger charge is 2.23. The molecule has 1 unspecified atom stereocenters. The highest BCUT2D eigenvalue weighted by Crippen LogP contribution is 2.32. The van der Waals surface area contributed by atoms with E-state index in [2.05, 4.69) is 53.2 Å². The van der Waals surface area contributed by atoms with Crippen LogP contribution < -0.4 is 10.2 Å². The highest BCUT2D eigenvalue weighted by molar-refractivity contribution is 7.22. The molecule has 1 amide bonds. The summed E-state index contributed by atoms with van der Waals surface area (Å²) >= 11 is 1.46. The first-order valence-electron chi connectivity index (χ1n) is 8.93. The van der Waals surface area contributed by atoms with Crippen LogP contribution in [0, 0.1) is 0 Å². The first-order chi connectivity index (χ1) is 13.2. The summed E-state index contributed by atoms with van der Waals surface area (Å²) in [5, 5.41) is 13.2. The fourth-order valence-corrected chi connectivity index (χ4v) is 3.90. The van der Waals surface area contributed by atoms with Gasteiger partial charge in [-0.05, 0) is 23.1 Å². The summed E-state index contributed by atoms with van der Waals surface area (Å²) < 4.78 is 2.69. The van der Waals surface area contributed by atoms with Crippen LogP contribution in [0.2, 0.25) is 0 Å². The zero-order valence-corrected chi connectivity index (χ0v) is 17.0. The first kappa shape index (κ1) is 18.6. The van der Waals surface area contributed by atoms with Crippen molar-refractivity contribution < 1.29 is 9.90 Å². The summed E-state index contributed by atoms with van der Waals surface area (Å²) in [6.07, 6.45) is 2.15. The van der Waals surface area contributed by atoms with E-state index in [0.29, 0.717) is 16.8 Å². The zero-order chi connectivity index (χ0) is 20.1. The third-order valence-corrected chi connectivity index (χ3v) is 5.60. The van der Waals surface area contributed by atoms with Gasteiger partial charge in [-0.25, -0.2) is 15.0 Å². The molecule has 2 aromatic heterocycles. The molecule has 4 rings (SSSR count). The number of hydrogen-bond donors (Lipinski definition) is 2. The van der Waals surface area contributed by atoms with E-state index in [1.807, 2.05) is 6.07 Å². The molecule has 0 bridgehead atoms. The van der Waals surface area contributed by atoms with E-state index in [-0.39, 0.29) is 17.9 Å². The molecule has 3 heterocycles. The number of aromatic nitrogens is 3. The van der Waals surface area contributed by atoms with Gasteiger partial charge in [0, 0.05) is 7.05 Å². The van der Waals surface area contributed by atoms with Crippen LogP contribution in [0.1, 0.15) is 26.3 Å². The molecule has 0 radical (unpaired) electrons. The minimum absolute atomic E-state index is 0.0589. The molecule has 146 valence electrons. The van der Waals surface area contributed by atoms with Gasteiger partial charge in [0.05, 0.1) is 22.8 Å². The fraction of sp³-hybridized carbons (Fsp3) is 0.368. The number of hydrogen-bond acceptors (Lipinski definition) is 7. The SMILES string of the molecule is CN1c2ncn(CC(=O)Nc3nc4ccc(C(C)(C)C)cc4s3)c2N=CC1O. The quantitative estimate of drug-likeness (QED) is 0.707. The molecule has 9 heteroatoms. The third-order valence-electron chi connectivity index (χ3n) is 4.67. The van der Waals surface area contributed by atoms with E-state index in [0.717, 1.165) is 10.2 Å². The van der Waals surface area contributed by atoms with Crippen molar-refractivity contribution in [3.8, 4) is 0 Å². The number of aliphatic imine (C=N–C) groups is 1. The summed E-state index contributed by atoms with van der Waals surface area (Å²) in [4.78, 5) is 27.0. The molecule has 1 aromatic carbocycles. The molecular formula is C19H22N6O2S. The largest absolute Gasteiger partial charge is 0.368 e. The number of nitrogens with zero attached hydrogens (tertiary/aromatic N) is 5. The van der Waals surface area contributed by atoms with Gasteiger partial charge in [-0.15, -0.1) is 0 Å². The minimum atomic E-state index is -0.814. The van der Waals surface area contributed by atoms with Crippen molar-refractivity contribution in [2.75, 3.05) is 17.3 Å². The monoisotopic (exact) mass is 398 g/mol. The second-order valence-corrected chi connectivity index (χ2v) is 8.85. The number of amides is 1. The Kier molecular flexibility index (Phi) is 4.43. The van der Waals surface area contributed by atoms with E-state index in [1.165, 1.54) is 23.1 Å². The average molecular weight is 398 g/mol. The van der Waals surface area contributed by atoms with Gasteiger partial charge in [-0.2, -0.15) is 0 Å². The number of thiazole rings is 1. The summed E-state index contributed by atoms with van der Waals surface area (Å²) in [6.45, 7) is 6.57. The van der Waals surface area contributed by atoms with Crippen molar-refractivity contribution in [3.05, 3.63) is 30.1 Å². The van der Waals surface area contributed by atoms with Gasteiger partial charge < -0.3 is 19.9 Å². The van der Waals surface area contributed by atoms with Gasteiger partial charge in [0.1, 0.15) is 6.54 Å². The minimum Gasteiger partial charge on any atom is -0.368 e. The van der Waals surface area contributed by atoms with Gasteiger partial charge in [-0.3, -0.25) is 4.79 Å². The van der Waals surface area contributed by atoms with Crippen LogP contribution in [-0.2, 0) is 16.8 Å². The Morgan fingerprint density at radius 2 is 2.14 bits per heavy atom. The Labute approximate surface area is 166 Å². The molecule has 0 fully saturated rings. The molecule has 0 saturated carbocycles. The maximum absolute atomic E-state index is 12.5. The summed E-state index contributed by atoms with van der Waals surface area (Å²) in [7, 11) is 1.72.